The summed E-state index contributed by atoms with van der Waals surface area (Å²) in [7, 11) is 5.84. The third-order valence-electron chi connectivity index (χ3n) is 3.26. The molecule has 0 bridgehead atoms. The molecule has 1 heterocycles. The lowest BCUT2D eigenvalue weighted by Gasteiger charge is -2.12. The van der Waals surface area contributed by atoms with Crippen LogP contribution in [0.1, 0.15) is 11.1 Å². The van der Waals surface area contributed by atoms with E-state index < -0.39 is 5.97 Å². The summed E-state index contributed by atoms with van der Waals surface area (Å²) >= 11 is 1.26. The van der Waals surface area contributed by atoms with Crippen LogP contribution in [0.25, 0.3) is 0 Å². The van der Waals surface area contributed by atoms with Crippen molar-refractivity contribution in [3.8, 4) is 17.2 Å². The molecule has 26 heavy (non-hydrogen) atoms. The molecule has 0 fully saturated rings. The standard InChI is InChI=1S/C17H18N2O6S/c1-22-12-5-10(6-13(23-2)16(12)24-3)8-18-14-7-11(9-26-14)15(17(20)21)19-25-4/h5-9H,1-4H3,(H,20,21)/p-1/b18-8?,19-15-. The number of thiophene rings is 1. The maximum Gasteiger partial charge on any atom is 0.203 e. The van der Waals surface area contributed by atoms with E-state index in [1.807, 2.05) is 0 Å². The van der Waals surface area contributed by atoms with Gasteiger partial charge in [0.2, 0.25) is 5.75 Å². The van der Waals surface area contributed by atoms with Crippen molar-refractivity contribution in [1.29, 1.82) is 0 Å². The summed E-state index contributed by atoms with van der Waals surface area (Å²) in [5, 5.41) is 16.7. The van der Waals surface area contributed by atoms with Crippen LogP contribution in [0, 0.1) is 0 Å². The quantitative estimate of drug-likeness (QED) is 0.512. The third-order valence-corrected chi connectivity index (χ3v) is 4.10. The molecule has 2 aromatic rings. The predicted octanol–water partition coefficient (Wildman–Crippen LogP) is 1.62. The Morgan fingerprint density at radius 2 is 1.73 bits per heavy atom. The van der Waals surface area contributed by atoms with Gasteiger partial charge in [-0.2, -0.15) is 0 Å². The molecule has 138 valence electrons. The van der Waals surface area contributed by atoms with Crippen molar-refractivity contribution >= 4 is 34.2 Å². The Morgan fingerprint density at radius 3 is 2.23 bits per heavy atom. The fourth-order valence-electron chi connectivity index (χ4n) is 2.13. The van der Waals surface area contributed by atoms with Crippen LogP contribution in [0.15, 0.2) is 33.7 Å². The lowest BCUT2D eigenvalue weighted by Crippen LogP contribution is -2.32. The molecule has 2 rings (SSSR count). The Kier molecular flexibility index (Phi) is 6.56. The molecule has 1 aromatic carbocycles. The Bertz CT molecular complexity index is 819. The number of ether oxygens (including phenoxy) is 3. The molecule has 0 aliphatic rings. The first kappa shape index (κ1) is 19.3. The normalized spacial score (nSPS) is 11.5. The zero-order valence-corrected chi connectivity index (χ0v) is 15.5. The van der Waals surface area contributed by atoms with Crippen molar-refractivity contribution in [2.24, 2.45) is 10.1 Å². The summed E-state index contributed by atoms with van der Waals surface area (Å²) in [6, 6.07) is 5.07. The second-order valence-corrected chi connectivity index (χ2v) is 5.69. The minimum Gasteiger partial charge on any atom is -0.543 e. The number of carboxylic acids is 1. The molecule has 9 heteroatoms. The third kappa shape index (κ3) is 4.31. The summed E-state index contributed by atoms with van der Waals surface area (Å²) in [5.74, 6) is 0.0722. The van der Waals surface area contributed by atoms with E-state index in [1.165, 1.54) is 39.8 Å². The Morgan fingerprint density at radius 1 is 1.08 bits per heavy atom. The van der Waals surface area contributed by atoms with Gasteiger partial charge in [0.1, 0.15) is 17.8 Å². The van der Waals surface area contributed by atoms with Crippen molar-refractivity contribution in [2.75, 3.05) is 28.4 Å². The number of rotatable bonds is 8. The maximum absolute atomic E-state index is 11.1. The van der Waals surface area contributed by atoms with Crippen LogP contribution >= 0.6 is 11.3 Å². The molecule has 0 N–H and O–H groups in total. The minimum atomic E-state index is -1.43. The number of carbonyl (C=O) groups excluding carboxylic acids is 1. The number of carboxylic acid groups (broad SMARTS) is 1. The predicted molar refractivity (Wildman–Crippen MR) is 96.2 cm³/mol. The lowest BCUT2D eigenvalue weighted by molar-refractivity contribution is -0.294. The molecule has 0 aliphatic heterocycles. The van der Waals surface area contributed by atoms with E-state index in [4.69, 9.17) is 14.2 Å². The first-order chi connectivity index (χ1) is 12.5. The number of aliphatic imine (C=N–C) groups is 1. The van der Waals surface area contributed by atoms with Crippen molar-refractivity contribution in [2.45, 2.75) is 0 Å². The smallest absolute Gasteiger partial charge is 0.203 e. The average molecular weight is 377 g/mol. The molecule has 0 radical (unpaired) electrons. The van der Waals surface area contributed by atoms with Gasteiger partial charge < -0.3 is 28.9 Å². The SMILES string of the molecule is CO/N=C(\C(=O)[O-])c1csc(N=Cc2cc(OC)c(OC)c(OC)c2)c1. The number of aliphatic carboxylic acids is 1. The van der Waals surface area contributed by atoms with Crippen molar-refractivity contribution in [3.05, 3.63) is 34.7 Å². The summed E-state index contributed by atoms with van der Waals surface area (Å²) in [6.45, 7) is 0. The summed E-state index contributed by atoms with van der Waals surface area (Å²) in [4.78, 5) is 19.9. The fourth-order valence-corrected chi connectivity index (χ4v) is 2.87. The van der Waals surface area contributed by atoms with E-state index in [1.54, 1.807) is 29.8 Å². The molecule has 0 aliphatic carbocycles. The largest absolute Gasteiger partial charge is 0.543 e. The monoisotopic (exact) mass is 377 g/mol. The maximum atomic E-state index is 11.1. The number of hydrogen-bond acceptors (Lipinski definition) is 9. The number of oxime groups is 1. The second-order valence-electron chi connectivity index (χ2n) is 4.80. The highest BCUT2D eigenvalue weighted by Crippen LogP contribution is 2.38. The topological polar surface area (TPSA) is 102 Å². The second kappa shape index (κ2) is 8.86. The molecule has 0 spiro atoms. The number of carbonyl (C=O) groups is 1. The van der Waals surface area contributed by atoms with Gasteiger partial charge >= 0.3 is 0 Å². The van der Waals surface area contributed by atoms with Gasteiger partial charge in [0.25, 0.3) is 0 Å². The van der Waals surface area contributed by atoms with Gasteiger partial charge in [0.15, 0.2) is 11.5 Å². The van der Waals surface area contributed by atoms with Gasteiger partial charge in [-0.1, -0.05) is 5.16 Å². The van der Waals surface area contributed by atoms with Gasteiger partial charge in [-0.3, -0.25) is 0 Å². The zero-order valence-electron chi connectivity index (χ0n) is 14.6. The highest BCUT2D eigenvalue weighted by atomic mass is 32.1. The van der Waals surface area contributed by atoms with Gasteiger partial charge in [0.05, 0.1) is 27.3 Å². The highest BCUT2D eigenvalue weighted by molar-refractivity contribution is 7.14. The Balaban J connectivity index is 2.31. The number of benzene rings is 1. The molecule has 0 atom stereocenters. The van der Waals surface area contributed by atoms with Gasteiger partial charge in [-0.15, -0.1) is 11.3 Å². The van der Waals surface area contributed by atoms with E-state index in [0.29, 0.717) is 27.8 Å². The number of nitrogens with zero attached hydrogens (tertiary/aromatic N) is 2. The minimum absolute atomic E-state index is 0.294. The fraction of sp³-hybridized carbons (Fsp3) is 0.235. The summed E-state index contributed by atoms with van der Waals surface area (Å²) in [6.07, 6.45) is 1.60. The van der Waals surface area contributed by atoms with E-state index in [0.717, 1.165) is 5.56 Å². The molecule has 0 saturated heterocycles. The van der Waals surface area contributed by atoms with Crippen LogP contribution in [0.5, 0.6) is 17.2 Å². The molecule has 8 nitrogen and oxygen atoms in total. The van der Waals surface area contributed by atoms with Crippen LogP contribution < -0.4 is 19.3 Å². The average Bonchev–Trinajstić information content (AvgIpc) is 3.11. The van der Waals surface area contributed by atoms with Crippen LogP contribution in [-0.2, 0) is 9.63 Å². The number of hydrogen-bond donors (Lipinski definition) is 0. The van der Waals surface area contributed by atoms with E-state index in [2.05, 4.69) is 15.0 Å². The summed E-state index contributed by atoms with van der Waals surface area (Å²) in [5.41, 5.74) is 0.784. The van der Waals surface area contributed by atoms with Crippen LogP contribution in [0.4, 0.5) is 5.00 Å². The molecule has 1 aromatic heterocycles. The van der Waals surface area contributed by atoms with E-state index >= 15 is 0 Å². The van der Waals surface area contributed by atoms with Crippen molar-refractivity contribution < 1.29 is 28.9 Å². The number of methoxy groups -OCH3 is 3. The molecular weight excluding hydrogens is 360 g/mol. The van der Waals surface area contributed by atoms with Crippen molar-refractivity contribution in [1.82, 2.24) is 0 Å². The van der Waals surface area contributed by atoms with Crippen molar-refractivity contribution in [3.63, 3.8) is 0 Å². The Labute approximate surface area is 154 Å². The highest BCUT2D eigenvalue weighted by Gasteiger charge is 2.13. The van der Waals surface area contributed by atoms with Gasteiger partial charge in [-0.05, 0) is 18.2 Å². The molecular formula is C17H17N2O6S-. The molecule has 0 amide bonds. The van der Waals surface area contributed by atoms with E-state index in [-0.39, 0.29) is 5.71 Å². The van der Waals surface area contributed by atoms with Crippen LogP contribution in [0.3, 0.4) is 0 Å². The zero-order chi connectivity index (χ0) is 19.1. The van der Waals surface area contributed by atoms with Crippen LogP contribution in [-0.4, -0.2) is 46.3 Å². The van der Waals surface area contributed by atoms with Gasteiger partial charge in [0, 0.05) is 22.7 Å². The van der Waals surface area contributed by atoms with E-state index in [9.17, 15) is 9.90 Å². The lowest BCUT2D eigenvalue weighted by atomic mass is 10.2. The molecule has 0 saturated carbocycles. The van der Waals surface area contributed by atoms with Crippen LogP contribution in [0.2, 0.25) is 0 Å². The van der Waals surface area contributed by atoms with Gasteiger partial charge in [-0.25, -0.2) is 4.99 Å². The summed E-state index contributed by atoms with van der Waals surface area (Å²) < 4.78 is 15.9. The molecule has 0 unspecified atom stereocenters. The first-order valence-electron chi connectivity index (χ1n) is 7.29. The first-order valence-corrected chi connectivity index (χ1v) is 8.17. The Hall–Kier alpha value is -3.07.